The zero-order valence-electron chi connectivity index (χ0n) is 14.1. The van der Waals surface area contributed by atoms with Gasteiger partial charge in [-0.3, -0.25) is 0 Å². The van der Waals surface area contributed by atoms with Gasteiger partial charge < -0.3 is 15.5 Å². The van der Waals surface area contributed by atoms with Gasteiger partial charge in [-0.05, 0) is 70.1 Å². The van der Waals surface area contributed by atoms with Crippen molar-refractivity contribution < 1.29 is 0 Å². The number of nitrogens with two attached hydrogens (primary N) is 1. The van der Waals surface area contributed by atoms with Crippen molar-refractivity contribution >= 4 is 0 Å². The second kappa shape index (κ2) is 6.76. The molecule has 2 fully saturated rings. The average molecular weight is 281 g/mol. The number of piperidine rings is 2. The lowest BCUT2D eigenvalue weighted by molar-refractivity contribution is 0.0372. The summed E-state index contributed by atoms with van der Waals surface area (Å²) in [5.74, 6) is 0.904. The molecule has 2 N–H and O–H groups in total. The van der Waals surface area contributed by atoms with Gasteiger partial charge in [-0.25, -0.2) is 0 Å². The summed E-state index contributed by atoms with van der Waals surface area (Å²) < 4.78 is 0. The van der Waals surface area contributed by atoms with Crippen molar-refractivity contribution in [2.45, 2.75) is 65.0 Å². The molecule has 0 radical (unpaired) electrons. The molecule has 2 saturated heterocycles. The number of rotatable bonds is 4. The number of hydrogen-bond acceptors (Lipinski definition) is 3. The Hall–Kier alpha value is -0.120. The standard InChI is InChI=1S/C17H35N3/c1-17(2,3)12-15(18)7-10-20-11-8-16-14(13-20)6-5-9-19(16)4/h14-16H,5-13,18H2,1-4H3. The van der Waals surface area contributed by atoms with Crippen LogP contribution in [-0.4, -0.2) is 55.1 Å². The highest BCUT2D eigenvalue weighted by Gasteiger charge is 2.34. The molecule has 2 aliphatic heterocycles. The lowest BCUT2D eigenvalue weighted by Gasteiger charge is -2.46. The van der Waals surface area contributed by atoms with Crippen molar-refractivity contribution in [2.24, 2.45) is 17.1 Å². The summed E-state index contributed by atoms with van der Waals surface area (Å²) in [5, 5.41) is 0. The summed E-state index contributed by atoms with van der Waals surface area (Å²) >= 11 is 0. The monoisotopic (exact) mass is 281 g/mol. The molecule has 0 aromatic heterocycles. The lowest BCUT2D eigenvalue weighted by Crippen LogP contribution is -2.53. The quantitative estimate of drug-likeness (QED) is 0.859. The Balaban J connectivity index is 1.73. The Morgan fingerprint density at radius 1 is 1.20 bits per heavy atom. The maximum Gasteiger partial charge on any atom is 0.0145 e. The van der Waals surface area contributed by atoms with E-state index in [-0.39, 0.29) is 0 Å². The van der Waals surface area contributed by atoms with E-state index in [1.165, 1.54) is 45.4 Å². The number of likely N-dealkylation sites (tertiary alicyclic amines) is 2. The van der Waals surface area contributed by atoms with Crippen LogP contribution < -0.4 is 5.73 Å². The van der Waals surface area contributed by atoms with Crippen molar-refractivity contribution in [1.29, 1.82) is 0 Å². The summed E-state index contributed by atoms with van der Waals surface area (Å²) in [6.07, 6.45) is 6.46. The first-order valence-corrected chi connectivity index (χ1v) is 8.53. The molecular weight excluding hydrogens is 246 g/mol. The zero-order valence-corrected chi connectivity index (χ0v) is 14.1. The summed E-state index contributed by atoms with van der Waals surface area (Å²) in [7, 11) is 2.31. The molecule has 3 nitrogen and oxygen atoms in total. The fraction of sp³-hybridized carbons (Fsp3) is 1.00. The lowest BCUT2D eigenvalue weighted by atomic mass is 9.84. The molecule has 0 amide bonds. The normalized spacial score (nSPS) is 31.1. The van der Waals surface area contributed by atoms with Crippen LogP contribution in [0.4, 0.5) is 0 Å². The second-order valence-electron chi connectivity index (χ2n) is 8.35. The van der Waals surface area contributed by atoms with Crippen molar-refractivity contribution in [1.82, 2.24) is 9.80 Å². The van der Waals surface area contributed by atoms with Gasteiger partial charge >= 0.3 is 0 Å². The Morgan fingerprint density at radius 2 is 1.95 bits per heavy atom. The summed E-state index contributed by atoms with van der Waals surface area (Å²) in [6, 6.07) is 1.21. The third kappa shape index (κ3) is 4.71. The Bertz CT molecular complexity index is 297. The van der Waals surface area contributed by atoms with Crippen LogP contribution >= 0.6 is 0 Å². The molecule has 118 valence electrons. The third-order valence-electron chi connectivity index (χ3n) is 5.12. The summed E-state index contributed by atoms with van der Waals surface area (Å²) in [4.78, 5) is 5.26. The van der Waals surface area contributed by atoms with Crippen molar-refractivity contribution in [2.75, 3.05) is 33.2 Å². The molecule has 0 aromatic rings. The number of fused-ring (bicyclic) bond motifs is 1. The topological polar surface area (TPSA) is 32.5 Å². The van der Waals surface area contributed by atoms with E-state index >= 15 is 0 Å². The highest BCUT2D eigenvalue weighted by Crippen LogP contribution is 2.29. The van der Waals surface area contributed by atoms with E-state index in [1.807, 2.05) is 0 Å². The van der Waals surface area contributed by atoms with Gasteiger partial charge in [-0.15, -0.1) is 0 Å². The Labute approximate surface area is 125 Å². The first kappa shape index (κ1) is 16.3. The van der Waals surface area contributed by atoms with E-state index < -0.39 is 0 Å². The third-order valence-corrected chi connectivity index (χ3v) is 5.12. The first-order chi connectivity index (χ1) is 9.35. The minimum Gasteiger partial charge on any atom is -0.328 e. The fourth-order valence-electron chi connectivity index (χ4n) is 4.17. The molecule has 2 rings (SSSR count). The zero-order chi connectivity index (χ0) is 14.8. The Morgan fingerprint density at radius 3 is 2.65 bits per heavy atom. The van der Waals surface area contributed by atoms with E-state index in [9.17, 15) is 0 Å². The van der Waals surface area contributed by atoms with E-state index in [1.54, 1.807) is 0 Å². The molecule has 2 heterocycles. The van der Waals surface area contributed by atoms with Crippen LogP contribution in [0.1, 0.15) is 52.9 Å². The fourth-order valence-corrected chi connectivity index (χ4v) is 4.17. The molecule has 3 heteroatoms. The number of hydrogen-bond donors (Lipinski definition) is 1. The molecule has 2 aliphatic rings. The van der Waals surface area contributed by atoms with Crippen molar-refractivity contribution in [3.05, 3.63) is 0 Å². The molecule has 0 saturated carbocycles. The van der Waals surface area contributed by atoms with E-state index in [0.29, 0.717) is 11.5 Å². The molecule has 3 atom stereocenters. The minimum absolute atomic E-state index is 0.360. The van der Waals surface area contributed by atoms with Gasteiger partial charge in [0.2, 0.25) is 0 Å². The van der Waals surface area contributed by atoms with Gasteiger partial charge in [0, 0.05) is 18.6 Å². The Kier molecular flexibility index (Phi) is 5.49. The van der Waals surface area contributed by atoms with Crippen molar-refractivity contribution in [3.8, 4) is 0 Å². The molecule has 0 spiro atoms. The second-order valence-corrected chi connectivity index (χ2v) is 8.35. The summed E-state index contributed by atoms with van der Waals surface area (Å²) in [5.41, 5.74) is 6.66. The highest BCUT2D eigenvalue weighted by atomic mass is 15.2. The minimum atomic E-state index is 0.360. The van der Waals surface area contributed by atoms with Crippen LogP contribution in [0.15, 0.2) is 0 Å². The average Bonchev–Trinajstić information content (AvgIpc) is 2.34. The molecule has 20 heavy (non-hydrogen) atoms. The largest absolute Gasteiger partial charge is 0.328 e. The first-order valence-electron chi connectivity index (χ1n) is 8.53. The predicted octanol–water partition coefficient (Wildman–Crippen LogP) is 2.56. The molecular formula is C17H35N3. The van der Waals surface area contributed by atoms with Crippen LogP contribution in [-0.2, 0) is 0 Å². The van der Waals surface area contributed by atoms with Gasteiger partial charge in [-0.2, -0.15) is 0 Å². The highest BCUT2D eigenvalue weighted by molar-refractivity contribution is 4.89. The smallest absolute Gasteiger partial charge is 0.0145 e. The molecule has 0 aromatic carbocycles. The van der Waals surface area contributed by atoms with Crippen LogP contribution in [0.3, 0.4) is 0 Å². The van der Waals surface area contributed by atoms with Gasteiger partial charge in [0.1, 0.15) is 0 Å². The van der Waals surface area contributed by atoms with Crippen LogP contribution in [0.5, 0.6) is 0 Å². The van der Waals surface area contributed by atoms with E-state index in [4.69, 9.17) is 5.73 Å². The van der Waals surface area contributed by atoms with E-state index in [0.717, 1.165) is 24.8 Å². The maximum atomic E-state index is 6.30. The molecule has 0 aliphatic carbocycles. The van der Waals surface area contributed by atoms with Crippen LogP contribution in [0.25, 0.3) is 0 Å². The molecule has 3 unspecified atom stereocenters. The van der Waals surface area contributed by atoms with Gasteiger partial charge in [0.25, 0.3) is 0 Å². The van der Waals surface area contributed by atoms with Crippen LogP contribution in [0.2, 0.25) is 0 Å². The molecule has 0 bridgehead atoms. The van der Waals surface area contributed by atoms with E-state index in [2.05, 4.69) is 37.6 Å². The van der Waals surface area contributed by atoms with Gasteiger partial charge in [0.15, 0.2) is 0 Å². The van der Waals surface area contributed by atoms with Gasteiger partial charge in [-0.1, -0.05) is 20.8 Å². The predicted molar refractivity (Wildman–Crippen MR) is 86.9 cm³/mol. The van der Waals surface area contributed by atoms with Crippen molar-refractivity contribution in [3.63, 3.8) is 0 Å². The maximum absolute atomic E-state index is 6.30. The van der Waals surface area contributed by atoms with Gasteiger partial charge in [0.05, 0.1) is 0 Å². The number of nitrogens with zero attached hydrogens (tertiary/aromatic N) is 2. The van der Waals surface area contributed by atoms with Crippen LogP contribution in [0, 0.1) is 11.3 Å². The SMILES string of the molecule is CN1CCCC2CN(CCC(N)CC(C)(C)C)CCC21. The summed E-state index contributed by atoms with van der Waals surface area (Å²) in [6.45, 7) is 11.9.